The van der Waals surface area contributed by atoms with Gasteiger partial charge < -0.3 is 10.1 Å². The Morgan fingerprint density at radius 2 is 2.00 bits per heavy atom. The Morgan fingerprint density at radius 3 is 2.73 bits per heavy atom. The van der Waals surface area contributed by atoms with Crippen LogP contribution in [-0.2, 0) is 13.0 Å². The number of aromatic nitrogens is 3. The number of benzene rings is 1. The Kier molecular flexibility index (Phi) is 6.07. The predicted molar refractivity (Wildman–Crippen MR) is 111 cm³/mol. The van der Waals surface area contributed by atoms with Crippen LogP contribution in [0.1, 0.15) is 54.2 Å². The molecule has 1 saturated carbocycles. The van der Waals surface area contributed by atoms with E-state index in [1.807, 2.05) is 19.1 Å². The van der Waals surface area contributed by atoms with Gasteiger partial charge in [-0.1, -0.05) is 6.92 Å². The Labute approximate surface area is 175 Å². The average molecular weight is 408 g/mol. The van der Waals surface area contributed by atoms with Crippen molar-refractivity contribution >= 4 is 5.91 Å². The number of hydrogen-bond acceptors (Lipinski definition) is 4. The highest BCUT2D eigenvalue weighted by atomic mass is 19.1. The second-order valence-electron chi connectivity index (χ2n) is 7.46. The maximum absolute atomic E-state index is 13.2. The summed E-state index contributed by atoms with van der Waals surface area (Å²) in [5.41, 5.74) is 2.93. The molecule has 0 spiro atoms. The number of hydrogen-bond donors (Lipinski definition) is 1. The van der Waals surface area contributed by atoms with Crippen molar-refractivity contribution < 1.29 is 13.9 Å². The van der Waals surface area contributed by atoms with Gasteiger partial charge in [0.05, 0.1) is 23.1 Å². The minimum atomic E-state index is -0.310. The second kappa shape index (κ2) is 9.07. The van der Waals surface area contributed by atoms with E-state index in [-0.39, 0.29) is 17.8 Å². The predicted octanol–water partition coefficient (Wildman–Crippen LogP) is 4.22. The molecule has 1 aliphatic carbocycles. The second-order valence-corrected chi connectivity index (χ2v) is 7.46. The number of nitrogens with one attached hydrogen (secondary N) is 1. The zero-order chi connectivity index (χ0) is 20.9. The molecule has 3 aromatic rings. The third-order valence-electron chi connectivity index (χ3n) is 5.36. The summed E-state index contributed by atoms with van der Waals surface area (Å²) in [6.45, 7) is 2.33. The summed E-state index contributed by atoms with van der Waals surface area (Å²) in [6, 6.07) is 9.79. The molecule has 1 N–H and O–H groups in total. The van der Waals surface area contributed by atoms with Crippen molar-refractivity contribution in [3.63, 3.8) is 0 Å². The van der Waals surface area contributed by atoms with Crippen molar-refractivity contribution in [1.82, 2.24) is 20.1 Å². The number of amides is 1. The fourth-order valence-electron chi connectivity index (χ4n) is 3.79. The summed E-state index contributed by atoms with van der Waals surface area (Å²) in [6.07, 6.45) is 8.66. The summed E-state index contributed by atoms with van der Waals surface area (Å²) in [5, 5.41) is 7.29. The highest BCUT2D eigenvalue weighted by Gasteiger charge is 2.18. The molecule has 1 amide bonds. The van der Waals surface area contributed by atoms with E-state index in [0.717, 1.165) is 29.8 Å². The van der Waals surface area contributed by atoms with Crippen LogP contribution in [0.5, 0.6) is 5.88 Å². The molecule has 156 valence electrons. The van der Waals surface area contributed by atoms with Gasteiger partial charge >= 0.3 is 0 Å². The van der Waals surface area contributed by atoms with Crippen LogP contribution >= 0.6 is 0 Å². The van der Waals surface area contributed by atoms with Crippen molar-refractivity contribution in [2.75, 3.05) is 0 Å². The van der Waals surface area contributed by atoms with Gasteiger partial charge in [-0.2, -0.15) is 5.10 Å². The lowest BCUT2D eigenvalue weighted by Crippen LogP contribution is -2.24. The molecule has 1 aromatic carbocycles. The van der Waals surface area contributed by atoms with E-state index in [9.17, 15) is 9.18 Å². The molecule has 0 saturated heterocycles. The number of ether oxygens (including phenoxy) is 1. The van der Waals surface area contributed by atoms with Crippen LogP contribution in [-0.4, -0.2) is 26.8 Å². The van der Waals surface area contributed by atoms with Gasteiger partial charge in [-0.3, -0.25) is 4.79 Å². The van der Waals surface area contributed by atoms with Crippen molar-refractivity contribution in [2.24, 2.45) is 0 Å². The van der Waals surface area contributed by atoms with Crippen molar-refractivity contribution in [1.29, 1.82) is 0 Å². The van der Waals surface area contributed by atoms with Gasteiger partial charge in [0.2, 0.25) is 5.88 Å². The number of pyridine rings is 1. The van der Waals surface area contributed by atoms with Crippen LogP contribution in [0.3, 0.4) is 0 Å². The van der Waals surface area contributed by atoms with Gasteiger partial charge in [0.15, 0.2) is 0 Å². The highest BCUT2D eigenvalue weighted by Crippen LogP contribution is 2.23. The van der Waals surface area contributed by atoms with Gasteiger partial charge in [-0.05, 0) is 68.0 Å². The first-order valence-corrected chi connectivity index (χ1v) is 10.4. The minimum absolute atomic E-state index is 0.199. The van der Waals surface area contributed by atoms with E-state index in [4.69, 9.17) is 4.74 Å². The minimum Gasteiger partial charge on any atom is -0.474 e. The van der Waals surface area contributed by atoms with Crippen molar-refractivity contribution in [3.05, 3.63) is 71.4 Å². The summed E-state index contributed by atoms with van der Waals surface area (Å²) < 4.78 is 20.8. The summed E-state index contributed by atoms with van der Waals surface area (Å²) >= 11 is 0. The quantitative estimate of drug-likeness (QED) is 0.636. The maximum Gasteiger partial charge on any atom is 0.255 e. The summed E-state index contributed by atoms with van der Waals surface area (Å²) in [7, 11) is 0. The lowest BCUT2D eigenvalue weighted by atomic mass is 10.1. The number of rotatable bonds is 7. The Morgan fingerprint density at radius 1 is 1.23 bits per heavy atom. The third-order valence-corrected chi connectivity index (χ3v) is 5.36. The van der Waals surface area contributed by atoms with E-state index < -0.39 is 0 Å². The van der Waals surface area contributed by atoms with Gasteiger partial charge in [-0.25, -0.2) is 14.1 Å². The average Bonchev–Trinajstić information content (AvgIpc) is 3.42. The van der Waals surface area contributed by atoms with Crippen LogP contribution in [0.4, 0.5) is 4.39 Å². The fraction of sp³-hybridized carbons (Fsp3) is 0.348. The molecule has 0 atom stereocenters. The Hall–Kier alpha value is -3.22. The normalized spacial score (nSPS) is 14.1. The molecule has 2 aromatic heterocycles. The molecule has 0 bridgehead atoms. The van der Waals surface area contributed by atoms with E-state index in [1.165, 1.54) is 25.0 Å². The van der Waals surface area contributed by atoms with E-state index >= 15 is 0 Å². The molecule has 6 nitrogen and oxygen atoms in total. The van der Waals surface area contributed by atoms with E-state index in [0.29, 0.717) is 24.4 Å². The van der Waals surface area contributed by atoms with Gasteiger partial charge in [-0.15, -0.1) is 0 Å². The first-order chi connectivity index (χ1) is 14.6. The lowest BCUT2D eigenvalue weighted by molar-refractivity contribution is 0.0949. The molecule has 7 heteroatoms. The molecule has 2 heterocycles. The molecular formula is C23H25FN4O2. The van der Waals surface area contributed by atoms with E-state index in [2.05, 4.69) is 15.4 Å². The summed E-state index contributed by atoms with van der Waals surface area (Å²) in [5.74, 6) is 0.0952. The molecular weight excluding hydrogens is 383 g/mol. The Bertz CT molecular complexity index is 1010. The fourth-order valence-corrected chi connectivity index (χ4v) is 3.79. The van der Waals surface area contributed by atoms with Crippen LogP contribution in [0.25, 0.3) is 5.69 Å². The third kappa shape index (κ3) is 4.50. The summed E-state index contributed by atoms with van der Waals surface area (Å²) in [4.78, 5) is 17.1. The zero-order valence-corrected chi connectivity index (χ0v) is 17.0. The molecule has 0 aliphatic heterocycles. The highest BCUT2D eigenvalue weighted by molar-refractivity contribution is 5.95. The first-order valence-electron chi connectivity index (χ1n) is 10.4. The van der Waals surface area contributed by atoms with Crippen molar-refractivity contribution in [3.8, 4) is 11.6 Å². The molecule has 1 fully saturated rings. The first kappa shape index (κ1) is 20.1. The largest absolute Gasteiger partial charge is 0.474 e. The monoisotopic (exact) mass is 408 g/mol. The molecule has 4 rings (SSSR count). The number of halogens is 1. The van der Waals surface area contributed by atoms with Gasteiger partial charge in [0.25, 0.3) is 5.91 Å². The smallest absolute Gasteiger partial charge is 0.255 e. The van der Waals surface area contributed by atoms with Crippen LogP contribution < -0.4 is 10.1 Å². The van der Waals surface area contributed by atoms with Gasteiger partial charge in [0, 0.05) is 18.8 Å². The standard InChI is InChI=1S/C23H25FN4O2/c1-2-21-20(15-27-28(21)18-9-7-17(24)8-10-18)23(29)26-14-16-11-12-25-22(13-16)30-19-5-3-4-6-19/h7-13,15,19H,2-6,14H2,1H3,(H,26,29). The molecule has 30 heavy (non-hydrogen) atoms. The SMILES string of the molecule is CCc1c(C(=O)NCc2ccnc(OC3CCCC3)c2)cnn1-c1ccc(F)cc1. The van der Waals surface area contributed by atoms with Crippen LogP contribution in [0, 0.1) is 5.82 Å². The zero-order valence-electron chi connectivity index (χ0n) is 17.0. The van der Waals surface area contributed by atoms with E-state index in [1.54, 1.807) is 29.2 Å². The van der Waals surface area contributed by atoms with Gasteiger partial charge in [0.1, 0.15) is 11.9 Å². The van der Waals surface area contributed by atoms with Crippen LogP contribution in [0.2, 0.25) is 0 Å². The number of nitrogens with zero attached hydrogens (tertiary/aromatic N) is 3. The molecule has 0 radical (unpaired) electrons. The number of carbonyl (C=O) groups is 1. The maximum atomic E-state index is 13.2. The lowest BCUT2D eigenvalue weighted by Gasteiger charge is -2.13. The molecule has 1 aliphatic rings. The number of carbonyl (C=O) groups excluding carboxylic acids is 1. The molecule has 0 unspecified atom stereocenters. The van der Waals surface area contributed by atoms with Crippen molar-refractivity contribution in [2.45, 2.75) is 51.7 Å². The Balaban J connectivity index is 1.43. The topological polar surface area (TPSA) is 69.0 Å². The van der Waals surface area contributed by atoms with Crippen LogP contribution in [0.15, 0.2) is 48.8 Å².